The monoisotopic (exact) mass is 267 g/mol. The van der Waals surface area contributed by atoms with Crippen LogP contribution in [0.25, 0.3) is 0 Å². The zero-order valence-electron chi connectivity index (χ0n) is 12.7. The fourth-order valence-electron chi connectivity index (χ4n) is 1.72. The van der Waals surface area contributed by atoms with Crippen LogP contribution in [0.4, 0.5) is 11.5 Å². The SMILES string of the molecule is CCn1nc(C)c(N)c1NC(C)C(=O)NC(C)(C)C. The van der Waals surface area contributed by atoms with E-state index in [9.17, 15) is 4.79 Å². The lowest BCUT2D eigenvalue weighted by molar-refractivity contribution is -0.122. The predicted octanol–water partition coefficient (Wildman–Crippen LogP) is 1.51. The lowest BCUT2D eigenvalue weighted by Crippen LogP contribution is -2.47. The molecule has 0 saturated carbocycles. The van der Waals surface area contributed by atoms with E-state index in [1.165, 1.54) is 0 Å². The summed E-state index contributed by atoms with van der Waals surface area (Å²) in [6.07, 6.45) is 0. The minimum absolute atomic E-state index is 0.0617. The van der Waals surface area contributed by atoms with Crippen LogP contribution in [0.1, 0.15) is 40.3 Å². The maximum absolute atomic E-state index is 12.0. The normalized spacial score (nSPS) is 13.2. The molecule has 1 aromatic rings. The van der Waals surface area contributed by atoms with Crippen LogP contribution in [0, 0.1) is 6.92 Å². The predicted molar refractivity (Wildman–Crippen MR) is 78.0 cm³/mol. The smallest absolute Gasteiger partial charge is 0.242 e. The highest BCUT2D eigenvalue weighted by atomic mass is 16.2. The number of nitrogens with zero attached hydrogens (tertiary/aromatic N) is 2. The number of carbonyl (C=O) groups is 1. The van der Waals surface area contributed by atoms with Crippen LogP contribution in [-0.4, -0.2) is 27.3 Å². The maximum atomic E-state index is 12.0. The van der Waals surface area contributed by atoms with Crippen molar-refractivity contribution in [2.45, 2.75) is 59.7 Å². The molecule has 1 aromatic heterocycles. The number of amides is 1. The standard InChI is InChI=1S/C13H25N5O/c1-7-18-11(10(14)8(2)17-18)15-9(3)12(19)16-13(4,5)6/h9,15H,7,14H2,1-6H3,(H,16,19). The fourth-order valence-corrected chi connectivity index (χ4v) is 1.72. The van der Waals surface area contributed by atoms with Gasteiger partial charge < -0.3 is 16.4 Å². The molecule has 108 valence electrons. The summed E-state index contributed by atoms with van der Waals surface area (Å²) in [7, 11) is 0. The number of carbonyl (C=O) groups excluding carboxylic acids is 1. The van der Waals surface area contributed by atoms with Gasteiger partial charge in [0.2, 0.25) is 5.91 Å². The molecule has 4 N–H and O–H groups in total. The number of aryl methyl sites for hydroxylation is 2. The zero-order chi connectivity index (χ0) is 14.8. The Morgan fingerprint density at radius 3 is 2.53 bits per heavy atom. The molecule has 0 fully saturated rings. The molecule has 6 heteroatoms. The van der Waals surface area contributed by atoms with Crippen LogP contribution in [0.2, 0.25) is 0 Å². The third-order valence-electron chi connectivity index (χ3n) is 2.72. The lowest BCUT2D eigenvalue weighted by atomic mass is 10.1. The van der Waals surface area contributed by atoms with Crippen molar-refractivity contribution in [2.24, 2.45) is 0 Å². The number of aromatic nitrogens is 2. The van der Waals surface area contributed by atoms with E-state index in [0.717, 1.165) is 5.69 Å². The topological polar surface area (TPSA) is 85.0 Å². The third-order valence-corrected chi connectivity index (χ3v) is 2.72. The molecule has 0 aliphatic rings. The Bertz CT molecular complexity index is 458. The first-order valence-corrected chi connectivity index (χ1v) is 6.57. The minimum Gasteiger partial charge on any atom is -0.394 e. The van der Waals surface area contributed by atoms with Gasteiger partial charge in [0.15, 0.2) is 0 Å². The van der Waals surface area contributed by atoms with Crippen molar-refractivity contribution in [3.8, 4) is 0 Å². The van der Waals surface area contributed by atoms with Gasteiger partial charge in [-0.15, -0.1) is 0 Å². The molecular formula is C13H25N5O. The van der Waals surface area contributed by atoms with E-state index >= 15 is 0 Å². The highest BCUT2D eigenvalue weighted by Gasteiger charge is 2.21. The summed E-state index contributed by atoms with van der Waals surface area (Å²) in [4.78, 5) is 12.0. The minimum atomic E-state index is -0.372. The van der Waals surface area contributed by atoms with E-state index in [-0.39, 0.29) is 17.5 Å². The number of nitrogens with two attached hydrogens (primary N) is 1. The van der Waals surface area contributed by atoms with Crippen molar-refractivity contribution in [3.63, 3.8) is 0 Å². The summed E-state index contributed by atoms with van der Waals surface area (Å²) >= 11 is 0. The first-order valence-electron chi connectivity index (χ1n) is 6.57. The van der Waals surface area contributed by atoms with Crippen molar-refractivity contribution in [2.75, 3.05) is 11.1 Å². The molecule has 1 rings (SSSR count). The van der Waals surface area contributed by atoms with E-state index in [0.29, 0.717) is 18.1 Å². The van der Waals surface area contributed by atoms with Crippen molar-refractivity contribution < 1.29 is 4.79 Å². The van der Waals surface area contributed by atoms with Crippen LogP contribution >= 0.6 is 0 Å². The van der Waals surface area contributed by atoms with Gasteiger partial charge in [-0.05, 0) is 41.5 Å². The molecule has 0 aliphatic heterocycles. The van der Waals surface area contributed by atoms with Crippen molar-refractivity contribution in [1.82, 2.24) is 15.1 Å². The highest BCUT2D eigenvalue weighted by molar-refractivity contribution is 5.85. The second-order valence-corrected chi connectivity index (χ2v) is 5.77. The average Bonchev–Trinajstić information content (AvgIpc) is 2.54. The highest BCUT2D eigenvalue weighted by Crippen LogP contribution is 2.22. The Morgan fingerprint density at radius 1 is 1.47 bits per heavy atom. The molecule has 0 aromatic carbocycles. The Kier molecular flexibility index (Phi) is 4.44. The molecule has 1 unspecified atom stereocenters. The van der Waals surface area contributed by atoms with Gasteiger partial charge in [-0.3, -0.25) is 4.79 Å². The zero-order valence-corrected chi connectivity index (χ0v) is 12.7. The van der Waals surface area contributed by atoms with E-state index in [1.54, 1.807) is 4.68 Å². The van der Waals surface area contributed by atoms with Gasteiger partial charge >= 0.3 is 0 Å². The van der Waals surface area contributed by atoms with E-state index in [2.05, 4.69) is 15.7 Å². The summed E-state index contributed by atoms with van der Waals surface area (Å²) in [6.45, 7) is 12.2. The van der Waals surface area contributed by atoms with E-state index in [1.807, 2.05) is 41.5 Å². The van der Waals surface area contributed by atoms with Crippen LogP contribution in [0.15, 0.2) is 0 Å². The Balaban J connectivity index is 2.82. The van der Waals surface area contributed by atoms with Gasteiger partial charge in [0.05, 0.1) is 11.4 Å². The molecule has 1 heterocycles. The molecule has 0 aliphatic carbocycles. The lowest BCUT2D eigenvalue weighted by Gasteiger charge is -2.24. The van der Waals surface area contributed by atoms with Gasteiger partial charge in [0, 0.05) is 12.1 Å². The van der Waals surface area contributed by atoms with Crippen molar-refractivity contribution in [3.05, 3.63) is 5.69 Å². The average molecular weight is 267 g/mol. The molecular weight excluding hydrogens is 242 g/mol. The third kappa shape index (κ3) is 3.87. The van der Waals surface area contributed by atoms with Gasteiger partial charge in [0.1, 0.15) is 11.9 Å². The Labute approximate surface area is 114 Å². The molecule has 0 radical (unpaired) electrons. The Morgan fingerprint density at radius 2 is 2.05 bits per heavy atom. The van der Waals surface area contributed by atoms with E-state index < -0.39 is 0 Å². The van der Waals surface area contributed by atoms with Gasteiger partial charge in [-0.25, -0.2) is 4.68 Å². The van der Waals surface area contributed by atoms with Gasteiger partial charge in [-0.1, -0.05) is 0 Å². The molecule has 6 nitrogen and oxygen atoms in total. The second kappa shape index (κ2) is 5.50. The first kappa shape index (κ1) is 15.3. The maximum Gasteiger partial charge on any atom is 0.242 e. The number of hydrogen-bond donors (Lipinski definition) is 3. The van der Waals surface area contributed by atoms with Crippen LogP contribution in [0.5, 0.6) is 0 Å². The largest absolute Gasteiger partial charge is 0.394 e. The fraction of sp³-hybridized carbons (Fsp3) is 0.692. The van der Waals surface area contributed by atoms with Gasteiger partial charge in [-0.2, -0.15) is 5.10 Å². The number of rotatable bonds is 4. The number of hydrogen-bond acceptors (Lipinski definition) is 4. The van der Waals surface area contributed by atoms with E-state index in [4.69, 9.17) is 5.73 Å². The number of anilines is 2. The summed E-state index contributed by atoms with van der Waals surface area (Å²) in [5.74, 6) is 0.643. The Hall–Kier alpha value is -1.72. The van der Waals surface area contributed by atoms with Crippen LogP contribution in [0.3, 0.4) is 0 Å². The molecule has 19 heavy (non-hydrogen) atoms. The van der Waals surface area contributed by atoms with Crippen LogP contribution in [-0.2, 0) is 11.3 Å². The summed E-state index contributed by atoms with van der Waals surface area (Å²) in [5.41, 5.74) is 7.09. The molecule has 0 saturated heterocycles. The number of nitrogen functional groups attached to an aromatic ring is 1. The first-order chi connectivity index (χ1) is 8.65. The summed E-state index contributed by atoms with van der Waals surface area (Å²) < 4.78 is 1.77. The summed E-state index contributed by atoms with van der Waals surface area (Å²) in [5, 5.41) is 10.4. The van der Waals surface area contributed by atoms with Gasteiger partial charge in [0.25, 0.3) is 0 Å². The number of nitrogens with one attached hydrogen (secondary N) is 2. The quantitative estimate of drug-likeness (QED) is 0.772. The van der Waals surface area contributed by atoms with Crippen LogP contribution < -0.4 is 16.4 Å². The summed E-state index contributed by atoms with van der Waals surface area (Å²) in [6, 6.07) is -0.372. The molecule has 0 bridgehead atoms. The molecule has 0 spiro atoms. The molecule has 1 atom stereocenters. The van der Waals surface area contributed by atoms with Crippen molar-refractivity contribution in [1.29, 1.82) is 0 Å². The molecule has 1 amide bonds. The second-order valence-electron chi connectivity index (χ2n) is 5.77. The van der Waals surface area contributed by atoms with Crippen molar-refractivity contribution >= 4 is 17.4 Å².